The largest absolute Gasteiger partial charge is 0.456 e. The van der Waals surface area contributed by atoms with Gasteiger partial charge in [-0.25, -0.2) is 0 Å². The molecule has 0 fully saturated rings. The Morgan fingerprint density at radius 2 is 0.844 bits per heavy atom. The SMILES string of the molecule is CC1(C)c2cc(-c3ccc(N(c4ccc(-c5ccccc5)cc4)c4ccc5c(c4)C(C)(C)c4ccccc4-5)cc3)ccc2-c2ccc(-c3ccc4oc5cccc6ccc3c4c65)cc21. The minimum Gasteiger partial charge on any atom is -0.456 e. The fraction of sp³-hybridized carbons (Fsp3) is 0.0968. The third kappa shape index (κ3) is 5.32. The Morgan fingerprint density at radius 1 is 0.328 bits per heavy atom. The number of furan rings is 1. The van der Waals surface area contributed by atoms with Gasteiger partial charge in [-0.3, -0.25) is 0 Å². The molecule has 64 heavy (non-hydrogen) atoms. The summed E-state index contributed by atoms with van der Waals surface area (Å²) in [5.74, 6) is 0. The van der Waals surface area contributed by atoms with Gasteiger partial charge < -0.3 is 9.32 Å². The summed E-state index contributed by atoms with van der Waals surface area (Å²) in [5, 5.41) is 4.89. The number of hydrogen-bond donors (Lipinski definition) is 0. The van der Waals surface area contributed by atoms with Gasteiger partial charge >= 0.3 is 0 Å². The second kappa shape index (κ2) is 13.4. The molecule has 0 saturated heterocycles. The van der Waals surface area contributed by atoms with Crippen LogP contribution in [0.1, 0.15) is 49.9 Å². The van der Waals surface area contributed by atoms with Crippen LogP contribution in [0, 0.1) is 0 Å². The van der Waals surface area contributed by atoms with Crippen LogP contribution in [0.4, 0.5) is 17.1 Å². The van der Waals surface area contributed by atoms with Gasteiger partial charge in [0.05, 0.1) is 0 Å². The van der Waals surface area contributed by atoms with Gasteiger partial charge in [-0.2, -0.15) is 0 Å². The molecule has 0 unspecified atom stereocenters. The summed E-state index contributed by atoms with van der Waals surface area (Å²) in [6.45, 7) is 9.48. The molecule has 0 atom stereocenters. The number of rotatable bonds is 6. The van der Waals surface area contributed by atoms with Crippen LogP contribution in [0.2, 0.25) is 0 Å². The molecule has 0 radical (unpaired) electrons. The van der Waals surface area contributed by atoms with Crippen LogP contribution in [0.5, 0.6) is 0 Å². The van der Waals surface area contributed by atoms with E-state index in [1.54, 1.807) is 0 Å². The second-order valence-corrected chi connectivity index (χ2v) is 18.9. The fourth-order valence-corrected chi connectivity index (χ4v) is 11.3. The van der Waals surface area contributed by atoms with E-state index >= 15 is 0 Å². The van der Waals surface area contributed by atoms with Crippen molar-refractivity contribution in [3.05, 3.63) is 222 Å². The number of anilines is 3. The number of hydrogen-bond acceptors (Lipinski definition) is 2. The van der Waals surface area contributed by atoms with Crippen molar-refractivity contribution in [1.29, 1.82) is 0 Å². The van der Waals surface area contributed by atoms with E-state index in [0.717, 1.165) is 28.2 Å². The number of nitrogens with zero attached hydrogens (tertiary/aromatic N) is 1. The third-order valence-electron chi connectivity index (χ3n) is 14.7. The van der Waals surface area contributed by atoms with Crippen molar-refractivity contribution < 1.29 is 4.42 Å². The summed E-state index contributed by atoms with van der Waals surface area (Å²) in [6, 6.07) is 74.1. The maximum atomic E-state index is 6.31. The Hall–Kier alpha value is -7.68. The molecule has 2 nitrogen and oxygen atoms in total. The first kappa shape index (κ1) is 36.9. The Morgan fingerprint density at radius 3 is 1.58 bits per heavy atom. The monoisotopic (exact) mass is 819 g/mol. The first-order valence-electron chi connectivity index (χ1n) is 22.5. The smallest absolute Gasteiger partial charge is 0.136 e. The summed E-state index contributed by atoms with van der Waals surface area (Å²) in [5.41, 5.74) is 23.1. The van der Waals surface area contributed by atoms with Crippen LogP contribution in [-0.4, -0.2) is 0 Å². The van der Waals surface area contributed by atoms with Crippen molar-refractivity contribution in [2.24, 2.45) is 0 Å². The molecule has 11 aromatic rings. The average molecular weight is 820 g/mol. The van der Waals surface area contributed by atoms with Gasteiger partial charge in [0.15, 0.2) is 0 Å². The molecular formula is C62H45NO. The molecule has 0 spiro atoms. The third-order valence-corrected chi connectivity index (χ3v) is 14.7. The van der Waals surface area contributed by atoms with Gasteiger partial charge in [0, 0.05) is 38.7 Å². The highest BCUT2D eigenvalue weighted by atomic mass is 16.3. The van der Waals surface area contributed by atoms with Crippen molar-refractivity contribution in [2.75, 3.05) is 4.90 Å². The zero-order valence-electron chi connectivity index (χ0n) is 36.4. The van der Waals surface area contributed by atoms with E-state index in [1.165, 1.54) is 99.4 Å². The van der Waals surface area contributed by atoms with E-state index < -0.39 is 0 Å². The maximum Gasteiger partial charge on any atom is 0.136 e. The minimum atomic E-state index is -0.174. The highest BCUT2D eigenvalue weighted by molar-refractivity contribution is 6.24. The summed E-state index contributed by atoms with van der Waals surface area (Å²) in [4.78, 5) is 2.41. The predicted octanol–water partition coefficient (Wildman–Crippen LogP) is 17.3. The Kier molecular flexibility index (Phi) is 7.74. The van der Waals surface area contributed by atoms with Gasteiger partial charge in [-0.15, -0.1) is 0 Å². The van der Waals surface area contributed by atoms with Crippen molar-refractivity contribution in [1.82, 2.24) is 0 Å². The van der Waals surface area contributed by atoms with Crippen molar-refractivity contribution in [3.63, 3.8) is 0 Å². The molecule has 304 valence electrons. The van der Waals surface area contributed by atoms with E-state index in [1.807, 2.05) is 0 Å². The number of fused-ring (bicyclic) bond motifs is 6. The van der Waals surface area contributed by atoms with E-state index in [0.29, 0.717) is 0 Å². The van der Waals surface area contributed by atoms with Crippen molar-refractivity contribution >= 4 is 49.8 Å². The molecule has 1 heterocycles. The molecule has 2 aliphatic carbocycles. The molecule has 1 aromatic heterocycles. The molecular weight excluding hydrogens is 775 g/mol. The Labute approximate surface area is 374 Å². The van der Waals surface area contributed by atoms with Crippen LogP contribution in [0.15, 0.2) is 205 Å². The molecule has 2 heteroatoms. The van der Waals surface area contributed by atoms with Crippen LogP contribution < -0.4 is 4.90 Å². The first-order valence-corrected chi connectivity index (χ1v) is 22.5. The summed E-state index contributed by atoms with van der Waals surface area (Å²) < 4.78 is 6.31. The molecule has 0 bridgehead atoms. The Bertz CT molecular complexity index is 3640. The molecule has 0 saturated carbocycles. The lowest BCUT2D eigenvalue weighted by Crippen LogP contribution is -2.16. The molecule has 10 aromatic carbocycles. The lowest BCUT2D eigenvalue weighted by molar-refractivity contribution is 0.660. The zero-order chi connectivity index (χ0) is 42.9. The van der Waals surface area contributed by atoms with E-state index in [4.69, 9.17) is 4.42 Å². The van der Waals surface area contributed by atoms with Crippen LogP contribution in [0.3, 0.4) is 0 Å². The average Bonchev–Trinajstić information content (AvgIpc) is 3.91. The van der Waals surface area contributed by atoms with Crippen molar-refractivity contribution in [2.45, 2.75) is 38.5 Å². The zero-order valence-corrected chi connectivity index (χ0v) is 36.4. The van der Waals surface area contributed by atoms with Crippen LogP contribution in [-0.2, 0) is 10.8 Å². The predicted molar refractivity (Wildman–Crippen MR) is 269 cm³/mol. The Balaban J connectivity index is 0.857. The molecule has 2 aliphatic rings. The van der Waals surface area contributed by atoms with Gasteiger partial charge in [0.25, 0.3) is 0 Å². The summed E-state index contributed by atoms with van der Waals surface area (Å²) in [7, 11) is 0. The van der Waals surface area contributed by atoms with Gasteiger partial charge in [-0.1, -0.05) is 167 Å². The molecule has 0 N–H and O–H groups in total. The molecule has 0 amide bonds. The van der Waals surface area contributed by atoms with Gasteiger partial charge in [0.1, 0.15) is 11.2 Å². The summed E-state index contributed by atoms with van der Waals surface area (Å²) >= 11 is 0. The lowest BCUT2D eigenvalue weighted by Gasteiger charge is -2.28. The first-order chi connectivity index (χ1) is 31.2. The lowest BCUT2D eigenvalue weighted by atomic mass is 9.80. The quantitative estimate of drug-likeness (QED) is 0.155. The number of benzene rings is 10. The topological polar surface area (TPSA) is 16.4 Å². The highest BCUT2D eigenvalue weighted by Gasteiger charge is 2.37. The summed E-state index contributed by atoms with van der Waals surface area (Å²) in [6.07, 6.45) is 0. The van der Waals surface area contributed by atoms with E-state index in [-0.39, 0.29) is 10.8 Å². The standard InChI is InChI=1S/C62H45NO/c1-61(2)53-15-9-8-14-48(53)51-32-28-46(37-56(51)61)63(44-24-17-39(18-25-44)38-11-6-5-7-12-38)45-26-19-40(20-27-45)42-22-29-49-50-30-23-43(36-55(50)62(3,4)54(49)35-42)47-33-34-58-60-52(47)31-21-41-13-10-16-57(64-58)59(41)60/h5-37H,1-4H3. The van der Waals surface area contributed by atoms with Crippen molar-refractivity contribution in [3.8, 4) is 55.6 Å². The minimum absolute atomic E-state index is 0.0983. The van der Waals surface area contributed by atoms with E-state index in [2.05, 4.69) is 233 Å². The van der Waals surface area contributed by atoms with Crippen LogP contribution in [0.25, 0.3) is 88.3 Å². The normalized spacial score (nSPS) is 14.2. The van der Waals surface area contributed by atoms with Gasteiger partial charge in [-0.05, 0) is 149 Å². The maximum absolute atomic E-state index is 6.31. The highest BCUT2D eigenvalue weighted by Crippen LogP contribution is 2.53. The molecule has 0 aliphatic heterocycles. The second-order valence-electron chi connectivity index (χ2n) is 18.9. The van der Waals surface area contributed by atoms with Crippen LogP contribution >= 0.6 is 0 Å². The fourth-order valence-electron chi connectivity index (χ4n) is 11.3. The van der Waals surface area contributed by atoms with E-state index in [9.17, 15) is 0 Å². The van der Waals surface area contributed by atoms with Gasteiger partial charge in [0.2, 0.25) is 0 Å². The molecule has 13 rings (SSSR count).